The van der Waals surface area contributed by atoms with Crippen molar-refractivity contribution in [3.05, 3.63) is 34.9 Å². The van der Waals surface area contributed by atoms with E-state index in [0.717, 1.165) is 31.9 Å². The normalized spacial score (nSPS) is 18.3. The standard InChI is InChI=1S/C12H15ClN2O2/c13-11-3-1-10(2-4-11)12(14-16)9-15-5-7-17-8-6-15/h1-4,16H,5-9H2/b14-12-. The van der Waals surface area contributed by atoms with Crippen molar-refractivity contribution in [2.24, 2.45) is 5.16 Å². The summed E-state index contributed by atoms with van der Waals surface area (Å²) >= 11 is 5.82. The van der Waals surface area contributed by atoms with E-state index >= 15 is 0 Å². The van der Waals surface area contributed by atoms with Crippen LogP contribution in [0.1, 0.15) is 5.56 Å². The van der Waals surface area contributed by atoms with Gasteiger partial charge in [0.15, 0.2) is 0 Å². The lowest BCUT2D eigenvalue weighted by molar-refractivity contribution is 0.0450. The van der Waals surface area contributed by atoms with E-state index in [9.17, 15) is 0 Å². The summed E-state index contributed by atoms with van der Waals surface area (Å²) in [4.78, 5) is 2.20. The molecule has 1 fully saturated rings. The van der Waals surface area contributed by atoms with Gasteiger partial charge >= 0.3 is 0 Å². The molecule has 1 aromatic carbocycles. The zero-order valence-electron chi connectivity index (χ0n) is 9.47. The lowest BCUT2D eigenvalue weighted by Crippen LogP contribution is -2.39. The van der Waals surface area contributed by atoms with Crippen molar-refractivity contribution >= 4 is 17.3 Å². The molecule has 0 atom stereocenters. The van der Waals surface area contributed by atoms with Gasteiger partial charge in [0.25, 0.3) is 0 Å². The summed E-state index contributed by atoms with van der Waals surface area (Å²) in [5.41, 5.74) is 1.55. The van der Waals surface area contributed by atoms with Crippen LogP contribution in [0.25, 0.3) is 0 Å². The molecule has 0 aromatic heterocycles. The van der Waals surface area contributed by atoms with E-state index in [4.69, 9.17) is 21.5 Å². The number of oxime groups is 1. The molecule has 2 rings (SSSR count). The first-order chi connectivity index (χ1) is 8.29. The zero-order valence-corrected chi connectivity index (χ0v) is 10.2. The number of halogens is 1. The van der Waals surface area contributed by atoms with Gasteiger partial charge in [-0.2, -0.15) is 0 Å². The third-order valence-electron chi connectivity index (χ3n) is 2.78. The summed E-state index contributed by atoms with van der Waals surface area (Å²) < 4.78 is 5.27. The van der Waals surface area contributed by atoms with Gasteiger partial charge in [0.05, 0.1) is 13.2 Å². The van der Waals surface area contributed by atoms with Gasteiger partial charge in [0.1, 0.15) is 5.71 Å². The molecule has 0 amide bonds. The molecular weight excluding hydrogens is 240 g/mol. The van der Waals surface area contributed by atoms with E-state index in [1.54, 1.807) is 12.1 Å². The number of morpholine rings is 1. The average Bonchev–Trinajstić information content (AvgIpc) is 2.38. The fourth-order valence-corrected chi connectivity index (χ4v) is 1.92. The molecule has 1 aliphatic heterocycles. The maximum Gasteiger partial charge on any atom is 0.101 e. The van der Waals surface area contributed by atoms with Gasteiger partial charge in [-0.15, -0.1) is 0 Å². The first kappa shape index (κ1) is 12.4. The Morgan fingerprint density at radius 2 is 1.94 bits per heavy atom. The molecule has 1 N–H and O–H groups in total. The summed E-state index contributed by atoms with van der Waals surface area (Å²) in [6, 6.07) is 7.30. The lowest BCUT2D eigenvalue weighted by Gasteiger charge is -2.26. The Labute approximate surface area is 105 Å². The van der Waals surface area contributed by atoms with E-state index in [-0.39, 0.29) is 0 Å². The van der Waals surface area contributed by atoms with Gasteiger partial charge in [-0.1, -0.05) is 28.9 Å². The molecular formula is C12H15ClN2O2. The third-order valence-corrected chi connectivity index (χ3v) is 3.03. The van der Waals surface area contributed by atoms with Crippen molar-refractivity contribution < 1.29 is 9.94 Å². The van der Waals surface area contributed by atoms with Gasteiger partial charge < -0.3 is 9.94 Å². The summed E-state index contributed by atoms with van der Waals surface area (Å²) in [5.74, 6) is 0. The average molecular weight is 255 g/mol. The molecule has 0 saturated carbocycles. The molecule has 5 heteroatoms. The van der Waals surface area contributed by atoms with Crippen LogP contribution in [0.5, 0.6) is 0 Å². The minimum Gasteiger partial charge on any atom is -0.411 e. The highest BCUT2D eigenvalue weighted by Crippen LogP contribution is 2.11. The van der Waals surface area contributed by atoms with Crippen molar-refractivity contribution in [2.45, 2.75) is 0 Å². The van der Waals surface area contributed by atoms with Crippen LogP contribution in [0.3, 0.4) is 0 Å². The molecule has 0 spiro atoms. The highest BCUT2D eigenvalue weighted by Gasteiger charge is 2.14. The van der Waals surface area contributed by atoms with Gasteiger partial charge in [-0.05, 0) is 12.1 Å². The van der Waals surface area contributed by atoms with Gasteiger partial charge in [0, 0.05) is 30.2 Å². The first-order valence-corrected chi connectivity index (χ1v) is 5.94. The second kappa shape index (κ2) is 6.00. The lowest BCUT2D eigenvalue weighted by atomic mass is 10.1. The van der Waals surface area contributed by atoms with Gasteiger partial charge in [-0.25, -0.2) is 0 Å². The Hall–Kier alpha value is -1.10. The van der Waals surface area contributed by atoms with Crippen LogP contribution < -0.4 is 0 Å². The first-order valence-electron chi connectivity index (χ1n) is 5.56. The highest BCUT2D eigenvalue weighted by atomic mass is 35.5. The van der Waals surface area contributed by atoms with Crippen molar-refractivity contribution in [1.29, 1.82) is 0 Å². The molecule has 0 aliphatic carbocycles. The fourth-order valence-electron chi connectivity index (χ4n) is 1.79. The topological polar surface area (TPSA) is 45.1 Å². The summed E-state index contributed by atoms with van der Waals surface area (Å²) in [7, 11) is 0. The van der Waals surface area contributed by atoms with Crippen molar-refractivity contribution in [2.75, 3.05) is 32.8 Å². The molecule has 1 saturated heterocycles. The summed E-state index contributed by atoms with van der Waals surface area (Å²) in [6.07, 6.45) is 0. The van der Waals surface area contributed by atoms with Crippen molar-refractivity contribution in [1.82, 2.24) is 4.90 Å². The maximum absolute atomic E-state index is 9.08. The number of nitrogens with zero attached hydrogens (tertiary/aromatic N) is 2. The Kier molecular flexibility index (Phi) is 4.36. The minimum atomic E-state index is 0.626. The van der Waals surface area contributed by atoms with E-state index in [0.29, 0.717) is 17.3 Å². The fraction of sp³-hybridized carbons (Fsp3) is 0.417. The van der Waals surface area contributed by atoms with Crippen LogP contribution in [-0.2, 0) is 4.74 Å². The van der Waals surface area contributed by atoms with Crippen LogP contribution in [-0.4, -0.2) is 48.7 Å². The molecule has 1 aromatic rings. The van der Waals surface area contributed by atoms with Gasteiger partial charge in [-0.3, -0.25) is 4.90 Å². The predicted octanol–water partition coefficient (Wildman–Crippen LogP) is 1.85. The Bertz CT molecular complexity index is 386. The van der Waals surface area contributed by atoms with E-state index in [1.807, 2.05) is 12.1 Å². The molecule has 1 aliphatic rings. The third kappa shape index (κ3) is 3.43. The van der Waals surface area contributed by atoms with Crippen LogP contribution in [0.2, 0.25) is 5.02 Å². The van der Waals surface area contributed by atoms with Crippen molar-refractivity contribution in [3.63, 3.8) is 0 Å². The smallest absolute Gasteiger partial charge is 0.101 e. The van der Waals surface area contributed by atoms with Crippen LogP contribution >= 0.6 is 11.6 Å². The predicted molar refractivity (Wildman–Crippen MR) is 67.0 cm³/mol. The Morgan fingerprint density at radius 3 is 2.53 bits per heavy atom. The van der Waals surface area contributed by atoms with Crippen LogP contribution in [0.4, 0.5) is 0 Å². The molecule has 17 heavy (non-hydrogen) atoms. The molecule has 0 bridgehead atoms. The number of rotatable bonds is 3. The molecule has 92 valence electrons. The number of benzene rings is 1. The number of ether oxygens (including phenoxy) is 1. The van der Waals surface area contributed by atoms with Crippen molar-refractivity contribution in [3.8, 4) is 0 Å². The summed E-state index contributed by atoms with van der Waals surface area (Å²) in [5, 5.41) is 13.1. The SMILES string of the molecule is O/N=C(/CN1CCOCC1)c1ccc(Cl)cc1. The zero-order chi connectivity index (χ0) is 12.1. The van der Waals surface area contributed by atoms with Gasteiger partial charge in [0.2, 0.25) is 0 Å². The Morgan fingerprint density at radius 1 is 1.29 bits per heavy atom. The summed E-state index contributed by atoms with van der Waals surface area (Å²) in [6.45, 7) is 3.83. The monoisotopic (exact) mass is 254 g/mol. The van der Waals surface area contributed by atoms with E-state index in [1.165, 1.54) is 0 Å². The maximum atomic E-state index is 9.08. The van der Waals surface area contributed by atoms with Crippen LogP contribution in [0, 0.1) is 0 Å². The second-order valence-electron chi connectivity index (χ2n) is 3.94. The van der Waals surface area contributed by atoms with E-state index < -0.39 is 0 Å². The largest absolute Gasteiger partial charge is 0.411 e. The number of hydrogen-bond acceptors (Lipinski definition) is 4. The number of hydrogen-bond donors (Lipinski definition) is 1. The highest BCUT2D eigenvalue weighted by molar-refractivity contribution is 6.30. The molecule has 4 nitrogen and oxygen atoms in total. The minimum absolute atomic E-state index is 0.626. The second-order valence-corrected chi connectivity index (χ2v) is 4.38. The molecule has 0 radical (unpaired) electrons. The van der Waals surface area contributed by atoms with E-state index in [2.05, 4.69) is 10.1 Å². The Balaban J connectivity index is 2.03. The molecule has 0 unspecified atom stereocenters. The molecule has 1 heterocycles. The van der Waals surface area contributed by atoms with Crippen LogP contribution in [0.15, 0.2) is 29.4 Å². The quantitative estimate of drug-likeness (QED) is 0.509.